The van der Waals surface area contributed by atoms with Crippen molar-refractivity contribution in [2.75, 3.05) is 18.6 Å². The third-order valence-corrected chi connectivity index (χ3v) is 6.42. The monoisotopic (exact) mass is 286 g/mol. The van der Waals surface area contributed by atoms with Crippen LogP contribution >= 0.6 is 11.8 Å². The molecule has 1 fully saturated rings. The maximum Gasteiger partial charge on any atom is 0.243 e. The van der Waals surface area contributed by atoms with E-state index in [2.05, 4.69) is 0 Å². The van der Waals surface area contributed by atoms with E-state index in [-0.39, 0.29) is 12.6 Å². The van der Waals surface area contributed by atoms with Crippen LogP contribution in [0.4, 0.5) is 0 Å². The largest absolute Gasteiger partial charge is 0.326 e. The molecule has 1 aromatic carbocycles. The molecule has 6 heteroatoms. The molecule has 1 atom stereocenters. The van der Waals surface area contributed by atoms with Gasteiger partial charge >= 0.3 is 0 Å². The minimum atomic E-state index is -3.43. The summed E-state index contributed by atoms with van der Waals surface area (Å²) in [5.74, 6) is 1.91. The van der Waals surface area contributed by atoms with Crippen molar-refractivity contribution in [1.29, 1.82) is 0 Å². The van der Waals surface area contributed by atoms with Gasteiger partial charge in [-0.25, -0.2) is 8.42 Å². The number of rotatable bonds is 4. The predicted octanol–water partition coefficient (Wildman–Crippen LogP) is 1.27. The smallest absolute Gasteiger partial charge is 0.243 e. The van der Waals surface area contributed by atoms with Crippen molar-refractivity contribution in [2.45, 2.75) is 23.9 Å². The van der Waals surface area contributed by atoms with E-state index in [4.69, 9.17) is 5.73 Å². The van der Waals surface area contributed by atoms with Crippen molar-refractivity contribution in [3.05, 3.63) is 29.8 Å². The summed E-state index contributed by atoms with van der Waals surface area (Å²) in [7, 11) is -1.76. The number of nitrogens with two attached hydrogens (primary N) is 1. The molecule has 0 bridgehead atoms. The molecule has 1 heterocycles. The van der Waals surface area contributed by atoms with E-state index in [0.29, 0.717) is 10.5 Å². The fourth-order valence-electron chi connectivity index (χ4n) is 2.08. The highest BCUT2D eigenvalue weighted by Crippen LogP contribution is 2.27. The molecule has 18 heavy (non-hydrogen) atoms. The van der Waals surface area contributed by atoms with Crippen LogP contribution in [0.1, 0.15) is 12.0 Å². The van der Waals surface area contributed by atoms with Gasteiger partial charge in [0.25, 0.3) is 0 Å². The van der Waals surface area contributed by atoms with Crippen LogP contribution in [0.5, 0.6) is 0 Å². The summed E-state index contributed by atoms with van der Waals surface area (Å²) < 4.78 is 26.6. The first kappa shape index (κ1) is 13.9. The molecule has 2 rings (SSSR count). The highest BCUT2D eigenvalue weighted by molar-refractivity contribution is 7.99. The Hall–Kier alpha value is -0.560. The van der Waals surface area contributed by atoms with Gasteiger partial charge in [-0.05, 0) is 23.8 Å². The van der Waals surface area contributed by atoms with E-state index in [9.17, 15) is 8.42 Å². The fraction of sp³-hybridized carbons (Fsp3) is 0.500. The molecule has 1 aromatic rings. The van der Waals surface area contributed by atoms with E-state index in [1.165, 1.54) is 4.31 Å². The van der Waals surface area contributed by atoms with Crippen molar-refractivity contribution >= 4 is 21.8 Å². The molecule has 4 nitrogen and oxygen atoms in total. The van der Waals surface area contributed by atoms with Crippen LogP contribution in [0.15, 0.2) is 29.2 Å². The summed E-state index contributed by atoms with van der Waals surface area (Å²) in [6.45, 7) is 0.239. The molecule has 2 N–H and O–H groups in total. The Kier molecular flexibility index (Phi) is 4.32. The zero-order chi connectivity index (χ0) is 13.2. The van der Waals surface area contributed by atoms with Crippen LogP contribution in [0.3, 0.4) is 0 Å². The topological polar surface area (TPSA) is 63.4 Å². The normalized spacial score (nSPS) is 20.5. The Balaban J connectivity index is 2.35. The van der Waals surface area contributed by atoms with Gasteiger partial charge in [0, 0.05) is 25.4 Å². The van der Waals surface area contributed by atoms with Crippen molar-refractivity contribution in [3.8, 4) is 0 Å². The first-order valence-corrected chi connectivity index (χ1v) is 8.50. The molecular weight excluding hydrogens is 268 g/mol. The van der Waals surface area contributed by atoms with E-state index in [0.717, 1.165) is 17.9 Å². The number of nitrogens with zero attached hydrogens (tertiary/aromatic N) is 1. The molecule has 0 aromatic heterocycles. The van der Waals surface area contributed by atoms with Crippen LogP contribution in [-0.2, 0) is 16.6 Å². The van der Waals surface area contributed by atoms with E-state index < -0.39 is 10.0 Å². The van der Waals surface area contributed by atoms with Gasteiger partial charge in [-0.2, -0.15) is 16.1 Å². The summed E-state index contributed by atoms with van der Waals surface area (Å²) >= 11 is 1.80. The number of sulfonamides is 1. The van der Waals surface area contributed by atoms with Crippen molar-refractivity contribution in [3.63, 3.8) is 0 Å². The van der Waals surface area contributed by atoms with Crippen LogP contribution in [0.25, 0.3) is 0 Å². The minimum Gasteiger partial charge on any atom is -0.326 e. The summed E-state index contributed by atoms with van der Waals surface area (Å²) in [5, 5.41) is 0. The Labute approximate surface area is 113 Å². The summed E-state index contributed by atoms with van der Waals surface area (Å²) in [6, 6.07) is 7.06. The Bertz CT molecular complexity index is 511. The molecule has 1 unspecified atom stereocenters. The molecule has 1 aliphatic rings. The summed E-state index contributed by atoms with van der Waals surface area (Å²) in [6.07, 6.45) is 0.922. The molecule has 1 saturated heterocycles. The lowest BCUT2D eigenvalue weighted by molar-refractivity contribution is 0.394. The average molecular weight is 286 g/mol. The van der Waals surface area contributed by atoms with E-state index in [1.54, 1.807) is 37.0 Å². The maximum absolute atomic E-state index is 12.6. The SMILES string of the molecule is CN(C1CCSC1)S(=O)(=O)c1ccccc1CN. The third-order valence-electron chi connectivity index (χ3n) is 3.27. The Morgan fingerprint density at radius 3 is 2.78 bits per heavy atom. The van der Waals surface area contributed by atoms with Gasteiger partial charge in [0.15, 0.2) is 0 Å². The first-order valence-electron chi connectivity index (χ1n) is 5.91. The van der Waals surface area contributed by atoms with Gasteiger partial charge < -0.3 is 5.73 Å². The van der Waals surface area contributed by atoms with Crippen LogP contribution in [0, 0.1) is 0 Å². The van der Waals surface area contributed by atoms with Crippen LogP contribution < -0.4 is 5.73 Å². The van der Waals surface area contributed by atoms with Crippen LogP contribution in [-0.4, -0.2) is 37.3 Å². The average Bonchev–Trinajstić information content (AvgIpc) is 2.91. The third kappa shape index (κ3) is 2.56. The van der Waals surface area contributed by atoms with Gasteiger partial charge in [-0.15, -0.1) is 0 Å². The highest BCUT2D eigenvalue weighted by atomic mass is 32.2. The summed E-state index contributed by atoms with van der Waals surface area (Å²) in [5.41, 5.74) is 6.29. The maximum atomic E-state index is 12.6. The van der Waals surface area contributed by atoms with E-state index >= 15 is 0 Å². The molecule has 0 amide bonds. The van der Waals surface area contributed by atoms with Gasteiger partial charge in [0.05, 0.1) is 4.90 Å². The lowest BCUT2D eigenvalue weighted by Crippen LogP contribution is -2.37. The molecule has 1 aliphatic heterocycles. The second-order valence-electron chi connectivity index (χ2n) is 4.35. The standard InChI is InChI=1S/C12H18N2O2S2/c1-14(11-6-7-17-9-11)18(15,16)12-5-3-2-4-10(12)8-13/h2-5,11H,6-9,13H2,1H3. The lowest BCUT2D eigenvalue weighted by atomic mass is 10.2. The van der Waals surface area contributed by atoms with Gasteiger partial charge in [0.1, 0.15) is 0 Å². The first-order chi connectivity index (χ1) is 8.57. The van der Waals surface area contributed by atoms with Crippen LogP contribution in [0.2, 0.25) is 0 Å². The number of hydrogen-bond donors (Lipinski definition) is 1. The fourth-order valence-corrected chi connectivity index (χ4v) is 5.06. The molecule has 100 valence electrons. The number of thioether (sulfide) groups is 1. The van der Waals surface area contributed by atoms with Crippen molar-refractivity contribution in [2.24, 2.45) is 5.73 Å². The zero-order valence-corrected chi connectivity index (χ0v) is 12.0. The number of hydrogen-bond acceptors (Lipinski definition) is 4. The van der Waals surface area contributed by atoms with E-state index in [1.807, 2.05) is 6.07 Å². The molecule has 0 spiro atoms. The minimum absolute atomic E-state index is 0.103. The predicted molar refractivity (Wildman–Crippen MR) is 75.0 cm³/mol. The molecule has 0 radical (unpaired) electrons. The van der Waals surface area contributed by atoms with Gasteiger partial charge in [0.2, 0.25) is 10.0 Å². The lowest BCUT2D eigenvalue weighted by Gasteiger charge is -2.24. The Morgan fingerprint density at radius 2 is 2.17 bits per heavy atom. The quantitative estimate of drug-likeness (QED) is 0.905. The second-order valence-corrected chi connectivity index (χ2v) is 7.47. The number of benzene rings is 1. The van der Waals surface area contributed by atoms with Gasteiger partial charge in [-0.3, -0.25) is 0 Å². The van der Waals surface area contributed by atoms with Crippen molar-refractivity contribution in [1.82, 2.24) is 4.31 Å². The molecular formula is C12H18N2O2S2. The molecule has 0 aliphatic carbocycles. The highest BCUT2D eigenvalue weighted by Gasteiger charge is 2.31. The second kappa shape index (κ2) is 5.61. The Morgan fingerprint density at radius 1 is 1.44 bits per heavy atom. The molecule has 0 saturated carbocycles. The van der Waals surface area contributed by atoms with Gasteiger partial charge in [-0.1, -0.05) is 18.2 Å². The van der Waals surface area contributed by atoms with Crippen molar-refractivity contribution < 1.29 is 8.42 Å². The zero-order valence-electron chi connectivity index (χ0n) is 10.4. The summed E-state index contributed by atoms with van der Waals surface area (Å²) in [4.78, 5) is 0.340.